The Kier molecular flexibility index (Phi) is 7.05. The Balaban J connectivity index is 1.30. The fourth-order valence-electron chi connectivity index (χ4n) is 4.37. The number of carbonyl (C=O) groups is 1. The standard InChI is InChI=1S/C28H26F3N7O/c1-18-12-35-37(14-18)15-19-2-4-20(5-3-19)16-38-17-24(25(36-38)11-28(29,30)31)27(39)34-13-21-6-7-23-22(10-21)8-9-33-26(23)32/h2-10,12,14,17H,11,13,15-16H2,1H3,(H2,32,33)(H,34,39). The molecule has 200 valence electrons. The number of carbonyl (C=O) groups excluding carboxylic acids is 1. The van der Waals surface area contributed by atoms with Crippen LogP contribution in [0.5, 0.6) is 0 Å². The second-order valence-corrected chi connectivity index (χ2v) is 9.45. The summed E-state index contributed by atoms with van der Waals surface area (Å²) < 4.78 is 43.0. The van der Waals surface area contributed by atoms with Gasteiger partial charge in [-0.3, -0.25) is 14.2 Å². The van der Waals surface area contributed by atoms with E-state index in [4.69, 9.17) is 5.73 Å². The predicted molar refractivity (Wildman–Crippen MR) is 141 cm³/mol. The molecule has 2 aromatic carbocycles. The zero-order valence-electron chi connectivity index (χ0n) is 21.1. The second kappa shape index (κ2) is 10.6. The number of aryl methyl sites for hydroxylation is 1. The molecule has 11 heteroatoms. The van der Waals surface area contributed by atoms with E-state index >= 15 is 0 Å². The largest absolute Gasteiger partial charge is 0.394 e. The lowest BCUT2D eigenvalue weighted by Crippen LogP contribution is -2.24. The van der Waals surface area contributed by atoms with Crippen LogP contribution in [0.15, 0.2) is 73.3 Å². The molecule has 0 aliphatic heterocycles. The lowest BCUT2D eigenvalue weighted by atomic mass is 10.1. The third kappa shape index (κ3) is 6.43. The van der Waals surface area contributed by atoms with Crippen molar-refractivity contribution in [3.05, 3.63) is 107 Å². The Morgan fingerprint density at radius 3 is 2.33 bits per heavy atom. The van der Waals surface area contributed by atoms with Crippen LogP contribution in [-0.4, -0.2) is 36.6 Å². The summed E-state index contributed by atoms with van der Waals surface area (Å²) in [6.07, 6.45) is 0.878. The van der Waals surface area contributed by atoms with E-state index in [2.05, 4.69) is 20.5 Å². The minimum Gasteiger partial charge on any atom is -0.383 e. The van der Waals surface area contributed by atoms with Crippen molar-refractivity contribution >= 4 is 22.5 Å². The number of nitrogen functional groups attached to an aromatic ring is 1. The number of nitrogens with zero attached hydrogens (tertiary/aromatic N) is 5. The monoisotopic (exact) mass is 533 g/mol. The molecule has 0 saturated carbocycles. The Bertz CT molecular complexity index is 1620. The summed E-state index contributed by atoms with van der Waals surface area (Å²) in [7, 11) is 0. The summed E-state index contributed by atoms with van der Waals surface area (Å²) in [6, 6.07) is 14.9. The van der Waals surface area contributed by atoms with Gasteiger partial charge in [0.2, 0.25) is 0 Å². The predicted octanol–water partition coefficient (Wildman–Crippen LogP) is 4.65. The molecule has 0 bridgehead atoms. The van der Waals surface area contributed by atoms with Crippen molar-refractivity contribution in [2.45, 2.75) is 39.2 Å². The average molecular weight is 534 g/mol. The van der Waals surface area contributed by atoms with Gasteiger partial charge in [-0.1, -0.05) is 36.4 Å². The Hall–Kier alpha value is -4.67. The highest BCUT2D eigenvalue weighted by molar-refractivity contribution is 5.95. The van der Waals surface area contributed by atoms with Crippen molar-refractivity contribution in [3.8, 4) is 0 Å². The van der Waals surface area contributed by atoms with Crippen LogP contribution in [0.25, 0.3) is 10.8 Å². The van der Waals surface area contributed by atoms with Crippen molar-refractivity contribution in [2.75, 3.05) is 5.73 Å². The molecule has 3 aromatic heterocycles. The van der Waals surface area contributed by atoms with E-state index in [1.165, 1.54) is 10.9 Å². The maximum absolute atomic E-state index is 13.3. The first-order valence-electron chi connectivity index (χ1n) is 12.2. The van der Waals surface area contributed by atoms with E-state index in [9.17, 15) is 18.0 Å². The maximum atomic E-state index is 13.3. The molecular formula is C28H26F3N7O. The number of benzene rings is 2. The van der Waals surface area contributed by atoms with E-state index in [1.54, 1.807) is 30.6 Å². The third-order valence-corrected chi connectivity index (χ3v) is 6.24. The van der Waals surface area contributed by atoms with Crippen LogP contribution in [0.4, 0.5) is 19.0 Å². The van der Waals surface area contributed by atoms with Gasteiger partial charge < -0.3 is 11.1 Å². The first-order valence-corrected chi connectivity index (χ1v) is 12.2. The van der Waals surface area contributed by atoms with E-state index < -0.39 is 18.5 Å². The number of amides is 1. The number of alkyl halides is 3. The van der Waals surface area contributed by atoms with Gasteiger partial charge in [-0.05, 0) is 46.7 Å². The summed E-state index contributed by atoms with van der Waals surface area (Å²) in [5, 5.41) is 12.7. The number of aromatic nitrogens is 5. The molecule has 0 unspecified atom stereocenters. The molecule has 0 saturated heterocycles. The molecule has 0 aliphatic rings. The number of hydrogen-bond donors (Lipinski definition) is 2. The van der Waals surface area contributed by atoms with Gasteiger partial charge >= 0.3 is 6.18 Å². The molecule has 3 N–H and O–H groups in total. The molecule has 0 aliphatic carbocycles. The molecule has 0 atom stereocenters. The molecule has 5 rings (SSSR count). The molecule has 5 aromatic rings. The number of nitrogens with one attached hydrogen (secondary N) is 1. The summed E-state index contributed by atoms with van der Waals surface area (Å²) in [4.78, 5) is 17.0. The van der Waals surface area contributed by atoms with Gasteiger partial charge in [0.1, 0.15) is 5.82 Å². The number of hydrogen-bond acceptors (Lipinski definition) is 5. The molecule has 0 spiro atoms. The van der Waals surface area contributed by atoms with Crippen molar-refractivity contribution in [3.63, 3.8) is 0 Å². The normalized spacial score (nSPS) is 11.7. The first kappa shape index (κ1) is 26.0. The topological polar surface area (TPSA) is 104 Å². The lowest BCUT2D eigenvalue weighted by molar-refractivity contribution is -0.127. The van der Waals surface area contributed by atoms with E-state index in [0.29, 0.717) is 12.4 Å². The van der Waals surface area contributed by atoms with Crippen molar-refractivity contribution in [2.24, 2.45) is 0 Å². The lowest BCUT2D eigenvalue weighted by Gasteiger charge is -2.08. The number of nitrogens with two attached hydrogens (primary N) is 1. The summed E-state index contributed by atoms with van der Waals surface area (Å²) in [5.74, 6) is -0.227. The second-order valence-electron chi connectivity index (χ2n) is 9.45. The quantitative estimate of drug-likeness (QED) is 0.302. The average Bonchev–Trinajstić information content (AvgIpc) is 3.47. The van der Waals surface area contributed by atoms with Crippen LogP contribution in [0, 0.1) is 6.92 Å². The zero-order valence-corrected chi connectivity index (χ0v) is 21.1. The fraction of sp³-hybridized carbons (Fsp3) is 0.214. The van der Waals surface area contributed by atoms with Crippen LogP contribution < -0.4 is 11.1 Å². The van der Waals surface area contributed by atoms with Crippen LogP contribution in [0.3, 0.4) is 0 Å². The molecule has 3 heterocycles. The van der Waals surface area contributed by atoms with Crippen molar-refractivity contribution in [1.29, 1.82) is 0 Å². The van der Waals surface area contributed by atoms with E-state index in [0.717, 1.165) is 33.0 Å². The fourth-order valence-corrected chi connectivity index (χ4v) is 4.37. The van der Waals surface area contributed by atoms with Crippen molar-refractivity contribution in [1.82, 2.24) is 29.9 Å². The van der Waals surface area contributed by atoms with Crippen molar-refractivity contribution < 1.29 is 18.0 Å². The zero-order chi connectivity index (χ0) is 27.6. The van der Waals surface area contributed by atoms with E-state index in [1.807, 2.05) is 48.1 Å². The SMILES string of the molecule is Cc1cnn(Cc2ccc(Cn3cc(C(=O)NCc4ccc5c(N)nccc5c4)c(CC(F)(F)F)n3)cc2)c1. The summed E-state index contributed by atoms with van der Waals surface area (Å²) in [6.45, 7) is 2.93. The van der Waals surface area contributed by atoms with E-state index in [-0.39, 0.29) is 24.3 Å². The highest BCUT2D eigenvalue weighted by Gasteiger charge is 2.32. The van der Waals surface area contributed by atoms with Crippen LogP contribution in [0.2, 0.25) is 0 Å². The number of halogens is 3. The van der Waals surface area contributed by atoms with Gasteiger partial charge in [-0.25, -0.2) is 4.98 Å². The molecule has 8 nitrogen and oxygen atoms in total. The number of rotatable bonds is 8. The molecule has 1 amide bonds. The summed E-state index contributed by atoms with van der Waals surface area (Å²) in [5.41, 5.74) is 9.18. The Labute approximate surface area is 222 Å². The van der Waals surface area contributed by atoms with Crippen LogP contribution >= 0.6 is 0 Å². The van der Waals surface area contributed by atoms with Crippen LogP contribution in [0.1, 0.15) is 38.3 Å². The number of fused-ring (bicyclic) bond motifs is 1. The number of anilines is 1. The number of pyridine rings is 1. The maximum Gasteiger partial charge on any atom is 0.394 e. The highest BCUT2D eigenvalue weighted by Crippen LogP contribution is 2.24. The molecule has 39 heavy (non-hydrogen) atoms. The van der Waals surface area contributed by atoms with Gasteiger partial charge in [0.05, 0.1) is 37.0 Å². The Morgan fingerprint density at radius 2 is 1.67 bits per heavy atom. The van der Waals surface area contributed by atoms with Gasteiger partial charge in [0.15, 0.2) is 0 Å². The molecule has 0 radical (unpaired) electrons. The molecule has 0 fully saturated rings. The van der Waals surface area contributed by atoms with Gasteiger partial charge in [0.25, 0.3) is 5.91 Å². The minimum absolute atomic E-state index is 0.104. The third-order valence-electron chi connectivity index (χ3n) is 6.24. The van der Waals surface area contributed by atoms with Crippen LogP contribution in [-0.2, 0) is 26.1 Å². The van der Waals surface area contributed by atoms with Gasteiger partial charge in [0, 0.05) is 30.5 Å². The smallest absolute Gasteiger partial charge is 0.383 e. The van der Waals surface area contributed by atoms with Gasteiger partial charge in [-0.2, -0.15) is 23.4 Å². The first-order chi connectivity index (χ1) is 18.6. The summed E-state index contributed by atoms with van der Waals surface area (Å²) >= 11 is 0. The highest BCUT2D eigenvalue weighted by atomic mass is 19.4. The molecular weight excluding hydrogens is 507 g/mol. The Morgan fingerprint density at radius 1 is 0.974 bits per heavy atom. The minimum atomic E-state index is -4.51. The van der Waals surface area contributed by atoms with Gasteiger partial charge in [-0.15, -0.1) is 0 Å².